The molecule has 0 amide bonds. The third kappa shape index (κ3) is 3.51. The smallest absolute Gasteiger partial charge is 0.333 e. The fourth-order valence-electron chi connectivity index (χ4n) is 1.95. The fraction of sp³-hybridized carbons (Fsp3) is 0.133. The van der Waals surface area contributed by atoms with Crippen molar-refractivity contribution >= 4 is 50.8 Å². The molecule has 2 aromatic rings. The van der Waals surface area contributed by atoms with E-state index in [9.17, 15) is 9.90 Å². The topological polar surface area (TPSA) is 49.3 Å². The fourth-order valence-corrected chi connectivity index (χ4v) is 2.81. The Balaban J connectivity index is 2.45. The summed E-state index contributed by atoms with van der Waals surface area (Å²) in [5, 5.41) is 13.4. The van der Waals surface area contributed by atoms with E-state index >= 15 is 0 Å². The Labute approximate surface area is 141 Å². The molecule has 2 rings (SSSR count). The molecule has 0 aromatic heterocycles. The van der Waals surface area contributed by atoms with Crippen molar-refractivity contribution in [3.8, 4) is 0 Å². The summed E-state index contributed by atoms with van der Waals surface area (Å²) in [5.41, 5.74) is -0.242. The van der Waals surface area contributed by atoms with Crippen molar-refractivity contribution in [1.82, 2.24) is 0 Å². The van der Waals surface area contributed by atoms with E-state index in [-0.39, 0.29) is 0 Å². The molecule has 110 valence electrons. The highest BCUT2D eigenvalue weighted by Gasteiger charge is 2.37. The summed E-state index contributed by atoms with van der Waals surface area (Å²) in [6.45, 7) is 1.56. The molecule has 0 fully saturated rings. The molecule has 0 saturated heterocycles. The second-order valence-corrected chi connectivity index (χ2v) is 6.45. The molecule has 3 nitrogen and oxygen atoms in total. The van der Waals surface area contributed by atoms with Gasteiger partial charge in [-0.2, -0.15) is 0 Å². The Bertz CT molecular complexity index is 676. The van der Waals surface area contributed by atoms with Gasteiger partial charge in [-0.15, -0.1) is 0 Å². The average Bonchev–Trinajstić information content (AvgIpc) is 2.41. The van der Waals surface area contributed by atoms with Crippen LogP contribution in [0.5, 0.6) is 0 Å². The van der Waals surface area contributed by atoms with Gasteiger partial charge in [0.05, 0.1) is 0 Å². The van der Waals surface area contributed by atoms with E-state index < -0.39 is 11.5 Å². The van der Waals surface area contributed by atoms with Gasteiger partial charge in [-0.25, -0.2) is 4.79 Å². The number of nitrogens with one attached hydrogen (secondary N) is 1. The second-order valence-electron chi connectivity index (χ2n) is 4.69. The van der Waals surface area contributed by atoms with Crippen LogP contribution in [0.1, 0.15) is 12.5 Å². The summed E-state index contributed by atoms with van der Waals surface area (Å²) in [7, 11) is 0. The summed E-state index contributed by atoms with van der Waals surface area (Å²) >= 11 is 15.4. The van der Waals surface area contributed by atoms with E-state index in [4.69, 9.17) is 23.2 Å². The van der Waals surface area contributed by atoms with Gasteiger partial charge in [0.25, 0.3) is 0 Å². The zero-order chi connectivity index (χ0) is 15.6. The van der Waals surface area contributed by atoms with Crippen LogP contribution in [0.4, 0.5) is 5.69 Å². The number of carboxylic acids is 1. The average molecular weight is 389 g/mol. The Kier molecular flexibility index (Phi) is 4.81. The van der Waals surface area contributed by atoms with Gasteiger partial charge in [0.2, 0.25) is 0 Å². The van der Waals surface area contributed by atoms with Crippen molar-refractivity contribution < 1.29 is 9.90 Å². The molecule has 0 radical (unpaired) electrons. The largest absolute Gasteiger partial charge is 0.479 e. The quantitative estimate of drug-likeness (QED) is 0.759. The standard InChI is InChI=1S/C15H12BrCl2NO2/c1-15(14(20)21,12-7-4-10(17)8-13(12)18)19-11-5-2-9(16)3-6-11/h2-8,19H,1H3,(H,20,21). The molecule has 1 unspecified atom stereocenters. The zero-order valence-electron chi connectivity index (χ0n) is 11.0. The van der Waals surface area contributed by atoms with Crippen LogP contribution in [0.2, 0.25) is 10.0 Å². The van der Waals surface area contributed by atoms with Crippen LogP contribution in [0.15, 0.2) is 46.9 Å². The van der Waals surface area contributed by atoms with Crippen molar-refractivity contribution in [3.63, 3.8) is 0 Å². The maximum atomic E-state index is 11.8. The maximum Gasteiger partial charge on any atom is 0.333 e. The van der Waals surface area contributed by atoms with Gasteiger partial charge in [-0.1, -0.05) is 45.2 Å². The number of benzene rings is 2. The van der Waals surface area contributed by atoms with Crippen molar-refractivity contribution in [2.24, 2.45) is 0 Å². The highest BCUT2D eigenvalue weighted by molar-refractivity contribution is 9.10. The van der Waals surface area contributed by atoms with Crippen LogP contribution in [0.3, 0.4) is 0 Å². The molecule has 0 bridgehead atoms. The number of hydrogen-bond acceptors (Lipinski definition) is 2. The normalized spacial score (nSPS) is 13.5. The number of aliphatic carboxylic acids is 1. The maximum absolute atomic E-state index is 11.8. The molecular formula is C15H12BrCl2NO2. The van der Waals surface area contributed by atoms with Crippen LogP contribution >= 0.6 is 39.1 Å². The number of carbonyl (C=O) groups is 1. The van der Waals surface area contributed by atoms with Gasteiger partial charge in [-0.05, 0) is 43.3 Å². The van der Waals surface area contributed by atoms with Crippen LogP contribution < -0.4 is 5.32 Å². The van der Waals surface area contributed by atoms with Gasteiger partial charge in [0.15, 0.2) is 5.54 Å². The van der Waals surface area contributed by atoms with Gasteiger partial charge in [-0.3, -0.25) is 0 Å². The third-order valence-corrected chi connectivity index (χ3v) is 4.21. The lowest BCUT2D eigenvalue weighted by Gasteiger charge is -2.29. The molecular weight excluding hydrogens is 377 g/mol. The molecule has 0 heterocycles. The molecule has 2 N–H and O–H groups in total. The van der Waals surface area contributed by atoms with Gasteiger partial charge >= 0.3 is 5.97 Å². The molecule has 0 aliphatic rings. The van der Waals surface area contributed by atoms with Crippen LogP contribution in [0, 0.1) is 0 Å². The first-order chi connectivity index (χ1) is 9.83. The minimum absolute atomic E-state index is 0.303. The number of anilines is 1. The molecule has 0 aliphatic heterocycles. The zero-order valence-corrected chi connectivity index (χ0v) is 14.1. The lowest BCUT2D eigenvalue weighted by atomic mass is 9.91. The molecule has 2 aromatic carbocycles. The van der Waals surface area contributed by atoms with Crippen LogP contribution in [-0.2, 0) is 10.3 Å². The predicted molar refractivity (Wildman–Crippen MR) is 89.2 cm³/mol. The molecule has 21 heavy (non-hydrogen) atoms. The van der Waals surface area contributed by atoms with Crippen molar-refractivity contribution in [2.45, 2.75) is 12.5 Å². The number of hydrogen-bond donors (Lipinski definition) is 2. The lowest BCUT2D eigenvalue weighted by molar-refractivity contribution is -0.142. The summed E-state index contributed by atoms with van der Waals surface area (Å²) < 4.78 is 0.912. The molecule has 0 saturated carbocycles. The van der Waals surface area contributed by atoms with Gasteiger partial charge < -0.3 is 10.4 Å². The summed E-state index contributed by atoms with van der Waals surface area (Å²) in [6.07, 6.45) is 0. The van der Waals surface area contributed by atoms with Crippen LogP contribution in [-0.4, -0.2) is 11.1 Å². The first-order valence-electron chi connectivity index (χ1n) is 6.05. The predicted octanol–water partition coefficient (Wildman–Crippen LogP) is 5.17. The van der Waals surface area contributed by atoms with Crippen molar-refractivity contribution in [1.29, 1.82) is 0 Å². The molecule has 0 aliphatic carbocycles. The minimum atomic E-state index is -1.37. The highest BCUT2D eigenvalue weighted by Crippen LogP contribution is 2.33. The van der Waals surface area contributed by atoms with E-state index in [1.54, 1.807) is 31.2 Å². The summed E-state index contributed by atoms with van der Waals surface area (Å²) in [5.74, 6) is -1.03. The van der Waals surface area contributed by atoms with E-state index in [2.05, 4.69) is 21.2 Å². The monoisotopic (exact) mass is 387 g/mol. The van der Waals surface area contributed by atoms with Gasteiger partial charge in [0, 0.05) is 25.8 Å². The van der Waals surface area contributed by atoms with E-state index in [1.807, 2.05) is 12.1 Å². The first kappa shape index (κ1) is 16.1. The second kappa shape index (κ2) is 6.26. The molecule has 0 spiro atoms. The van der Waals surface area contributed by atoms with E-state index in [1.165, 1.54) is 6.07 Å². The Morgan fingerprint density at radius 2 is 1.81 bits per heavy atom. The first-order valence-corrected chi connectivity index (χ1v) is 7.60. The van der Waals surface area contributed by atoms with Crippen LogP contribution in [0.25, 0.3) is 0 Å². The van der Waals surface area contributed by atoms with E-state index in [0.717, 1.165) is 4.47 Å². The Morgan fingerprint density at radius 1 is 1.19 bits per heavy atom. The number of halogens is 3. The number of rotatable bonds is 4. The van der Waals surface area contributed by atoms with Crippen molar-refractivity contribution in [2.75, 3.05) is 5.32 Å². The third-order valence-electron chi connectivity index (χ3n) is 3.14. The Hall–Kier alpha value is -1.23. The SMILES string of the molecule is CC(Nc1ccc(Br)cc1)(C(=O)O)c1ccc(Cl)cc1Cl. The molecule has 6 heteroatoms. The lowest BCUT2D eigenvalue weighted by Crippen LogP contribution is -2.40. The summed E-state index contributed by atoms with van der Waals surface area (Å²) in [6, 6.07) is 12.0. The highest BCUT2D eigenvalue weighted by atomic mass is 79.9. The van der Waals surface area contributed by atoms with Gasteiger partial charge in [0.1, 0.15) is 0 Å². The molecule has 1 atom stereocenters. The van der Waals surface area contributed by atoms with E-state index in [0.29, 0.717) is 21.3 Å². The number of carboxylic acid groups (broad SMARTS) is 1. The minimum Gasteiger partial charge on any atom is -0.479 e. The van der Waals surface area contributed by atoms with Crippen molar-refractivity contribution in [3.05, 3.63) is 62.5 Å². The summed E-state index contributed by atoms with van der Waals surface area (Å²) in [4.78, 5) is 11.8. The Morgan fingerprint density at radius 3 is 2.33 bits per heavy atom.